The minimum atomic E-state index is 0.106. The SMILES string of the molecule is O=C(CCc1ccccc1O)c1ccc(I)cc1. The van der Waals surface area contributed by atoms with Gasteiger partial charge in [0.1, 0.15) is 5.75 Å². The molecule has 2 nitrogen and oxygen atoms in total. The predicted molar refractivity (Wildman–Crippen MR) is 79.9 cm³/mol. The molecule has 0 aliphatic carbocycles. The lowest BCUT2D eigenvalue weighted by Crippen LogP contribution is -2.01. The second kappa shape index (κ2) is 6.00. The summed E-state index contributed by atoms with van der Waals surface area (Å²) in [4.78, 5) is 12.0. The lowest BCUT2D eigenvalue weighted by atomic mass is 10.0. The smallest absolute Gasteiger partial charge is 0.163 e. The molecule has 0 aliphatic heterocycles. The van der Waals surface area contributed by atoms with E-state index in [1.165, 1.54) is 0 Å². The number of rotatable bonds is 4. The Morgan fingerprint density at radius 1 is 1.06 bits per heavy atom. The van der Waals surface area contributed by atoms with Gasteiger partial charge in [0.05, 0.1) is 0 Å². The average molecular weight is 352 g/mol. The van der Waals surface area contributed by atoms with Crippen molar-refractivity contribution in [2.75, 3.05) is 0 Å². The Bertz CT molecular complexity index is 547. The van der Waals surface area contributed by atoms with E-state index in [-0.39, 0.29) is 11.5 Å². The van der Waals surface area contributed by atoms with Gasteiger partial charge in [-0.05, 0) is 52.8 Å². The Morgan fingerprint density at radius 2 is 1.72 bits per heavy atom. The Hall–Kier alpha value is -1.36. The van der Waals surface area contributed by atoms with Crippen LogP contribution in [0.5, 0.6) is 5.75 Å². The molecule has 1 N–H and O–H groups in total. The van der Waals surface area contributed by atoms with Crippen LogP contribution in [0.3, 0.4) is 0 Å². The average Bonchev–Trinajstić information content (AvgIpc) is 2.38. The first kappa shape index (κ1) is 13.1. The number of para-hydroxylation sites is 1. The molecule has 92 valence electrons. The van der Waals surface area contributed by atoms with E-state index in [4.69, 9.17) is 0 Å². The van der Waals surface area contributed by atoms with Crippen molar-refractivity contribution >= 4 is 28.4 Å². The quantitative estimate of drug-likeness (QED) is 0.671. The minimum absolute atomic E-state index is 0.106. The van der Waals surface area contributed by atoms with Gasteiger partial charge in [-0.25, -0.2) is 0 Å². The van der Waals surface area contributed by atoms with Crippen molar-refractivity contribution in [1.29, 1.82) is 0 Å². The largest absolute Gasteiger partial charge is 0.508 e. The molecule has 0 saturated heterocycles. The van der Waals surface area contributed by atoms with Gasteiger partial charge in [-0.15, -0.1) is 0 Å². The number of phenols is 1. The summed E-state index contributed by atoms with van der Waals surface area (Å²) in [6, 6.07) is 14.7. The molecule has 2 aromatic rings. The first-order chi connectivity index (χ1) is 8.66. The number of hydrogen-bond donors (Lipinski definition) is 1. The van der Waals surface area contributed by atoms with E-state index in [1.54, 1.807) is 12.1 Å². The van der Waals surface area contributed by atoms with E-state index in [0.29, 0.717) is 12.8 Å². The summed E-state index contributed by atoms with van der Waals surface area (Å²) >= 11 is 2.21. The van der Waals surface area contributed by atoms with Crippen molar-refractivity contribution in [3.63, 3.8) is 0 Å². The van der Waals surface area contributed by atoms with Crippen molar-refractivity contribution in [3.05, 3.63) is 63.2 Å². The minimum Gasteiger partial charge on any atom is -0.508 e. The van der Waals surface area contributed by atoms with Crippen LogP contribution in [-0.4, -0.2) is 10.9 Å². The van der Waals surface area contributed by atoms with Gasteiger partial charge >= 0.3 is 0 Å². The van der Waals surface area contributed by atoms with Gasteiger partial charge in [-0.1, -0.05) is 30.3 Å². The van der Waals surface area contributed by atoms with Crippen molar-refractivity contribution in [2.45, 2.75) is 12.8 Å². The molecular weight excluding hydrogens is 339 g/mol. The van der Waals surface area contributed by atoms with E-state index in [1.807, 2.05) is 36.4 Å². The number of carbonyl (C=O) groups excluding carboxylic acids is 1. The summed E-state index contributed by atoms with van der Waals surface area (Å²) in [6.07, 6.45) is 0.982. The number of ketones is 1. The summed E-state index contributed by atoms with van der Waals surface area (Å²) in [5.41, 5.74) is 1.54. The monoisotopic (exact) mass is 352 g/mol. The molecule has 0 saturated carbocycles. The number of aromatic hydroxyl groups is 1. The van der Waals surface area contributed by atoms with E-state index in [2.05, 4.69) is 22.6 Å². The molecule has 0 spiro atoms. The van der Waals surface area contributed by atoms with Crippen LogP contribution in [0, 0.1) is 3.57 Å². The van der Waals surface area contributed by atoms with Gasteiger partial charge in [0, 0.05) is 15.6 Å². The van der Waals surface area contributed by atoms with Gasteiger partial charge in [0.2, 0.25) is 0 Å². The highest BCUT2D eigenvalue weighted by molar-refractivity contribution is 14.1. The second-order valence-corrected chi connectivity index (χ2v) is 5.30. The van der Waals surface area contributed by atoms with E-state index < -0.39 is 0 Å². The zero-order chi connectivity index (χ0) is 13.0. The van der Waals surface area contributed by atoms with Gasteiger partial charge < -0.3 is 5.11 Å². The molecule has 0 radical (unpaired) electrons. The molecule has 0 aliphatic rings. The highest BCUT2D eigenvalue weighted by Gasteiger charge is 2.07. The predicted octanol–water partition coefficient (Wildman–Crippen LogP) is 3.81. The Balaban J connectivity index is 2.01. The first-order valence-corrected chi connectivity index (χ1v) is 6.80. The van der Waals surface area contributed by atoms with E-state index in [0.717, 1.165) is 14.7 Å². The summed E-state index contributed by atoms with van der Waals surface area (Å²) in [7, 11) is 0. The molecule has 18 heavy (non-hydrogen) atoms. The van der Waals surface area contributed by atoms with Crippen LogP contribution in [0.15, 0.2) is 48.5 Å². The number of aryl methyl sites for hydroxylation is 1. The van der Waals surface area contributed by atoms with Gasteiger partial charge in [-0.3, -0.25) is 4.79 Å². The first-order valence-electron chi connectivity index (χ1n) is 5.72. The fourth-order valence-electron chi connectivity index (χ4n) is 1.75. The molecular formula is C15H13IO2. The van der Waals surface area contributed by atoms with Crippen LogP contribution in [-0.2, 0) is 6.42 Å². The molecule has 2 aromatic carbocycles. The number of halogens is 1. The van der Waals surface area contributed by atoms with Gasteiger partial charge in [-0.2, -0.15) is 0 Å². The van der Waals surface area contributed by atoms with Crippen LogP contribution in [0.1, 0.15) is 22.3 Å². The highest BCUT2D eigenvalue weighted by atomic mass is 127. The molecule has 3 heteroatoms. The van der Waals surface area contributed by atoms with Gasteiger partial charge in [0.15, 0.2) is 5.78 Å². The summed E-state index contributed by atoms with van der Waals surface area (Å²) in [5.74, 6) is 0.363. The van der Waals surface area contributed by atoms with Crippen LogP contribution >= 0.6 is 22.6 Å². The molecule has 0 unspecified atom stereocenters. The van der Waals surface area contributed by atoms with Crippen LogP contribution in [0.4, 0.5) is 0 Å². The van der Waals surface area contributed by atoms with Crippen molar-refractivity contribution in [3.8, 4) is 5.75 Å². The second-order valence-electron chi connectivity index (χ2n) is 4.06. The summed E-state index contributed by atoms with van der Waals surface area (Å²) in [5, 5.41) is 9.62. The molecule has 0 amide bonds. The topological polar surface area (TPSA) is 37.3 Å². The molecule has 0 atom stereocenters. The summed E-state index contributed by atoms with van der Waals surface area (Å²) in [6.45, 7) is 0. The number of Topliss-reactive ketones (excluding diaryl/α,β-unsaturated/α-hetero) is 1. The molecule has 0 aromatic heterocycles. The molecule has 0 bridgehead atoms. The van der Waals surface area contributed by atoms with Gasteiger partial charge in [0.25, 0.3) is 0 Å². The van der Waals surface area contributed by atoms with E-state index in [9.17, 15) is 9.90 Å². The normalized spacial score (nSPS) is 10.3. The maximum atomic E-state index is 12.0. The highest BCUT2D eigenvalue weighted by Crippen LogP contribution is 2.18. The maximum Gasteiger partial charge on any atom is 0.163 e. The fourth-order valence-corrected chi connectivity index (χ4v) is 2.11. The van der Waals surface area contributed by atoms with Crippen LogP contribution < -0.4 is 0 Å². The lowest BCUT2D eigenvalue weighted by molar-refractivity contribution is 0.0982. The summed E-state index contributed by atoms with van der Waals surface area (Å²) < 4.78 is 1.12. The molecule has 2 rings (SSSR count). The molecule has 0 fully saturated rings. The number of hydrogen-bond acceptors (Lipinski definition) is 2. The zero-order valence-corrected chi connectivity index (χ0v) is 11.9. The Kier molecular flexibility index (Phi) is 4.36. The zero-order valence-electron chi connectivity index (χ0n) is 9.77. The van der Waals surface area contributed by atoms with Crippen molar-refractivity contribution in [1.82, 2.24) is 0 Å². The van der Waals surface area contributed by atoms with Crippen molar-refractivity contribution in [2.24, 2.45) is 0 Å². The lowest BCUT2D eigenvalue weighted by Gasteiger charge is -2.04. The maximum absolute atomic E-state index is 12.0. The fraction of sp³-hybridized carbons (Fsp3) is 0.133. The number of phenolic OH excluding ortho intramolecular Hbond substituents is 1. The number of benzene rings is 2. The van der Waals surface area contributed by atoms with E-state index >= 15 is 0 Å². The van der Waals surface area contributed by atoms with Crippen LogP contribution in [0.25, 0.3) is 0 Å². The van der Waals surface area contributed by atoms with Crippen LogP contribution in [0.2, 0.25) is 0 Å². The standard InChI is InChI=1S/C15H13IO2/c16-13-8-5-12(6-9-13)15(18)10-7-11-3-1-2-4-14(11)17/h1-6,8-9,17H,7,10H2. The van der Waals surface area contributed by atoms with Crippen molar-refractivity contribution < 1.29 is 9.90 Å². The number of carbonyl (C=O) groups is 1. The third-order valence-corrected chi connectivity index (χ3v) is 3.50. The Morgan fingerprint density at radius 3 is 2.39 bits per heavy atom. The molecule has 0 heterocycles. The Labute approximate surface area is 120 Å². The third kappa shape index (κ3) is 3.32. The third-order valence-electron chi connectivity index (χ3n) is 2.78.